The summed E-state index contributed by atoms with van der Waals surface area (Å²) in [4.78, 5) is 35.9. The average molecular weight is 335 g/mol. The first kappa shape index (κ1) is 15.5. The molecule has 8 nitrogen and oxygen atoms in total. The Labute approximate surface area is 135 Å². The zero-order chi connectivity index (χ0) is 16.7. The van der Waals surface area contributed by atoms with E-state index in [-0.39, 0.29) is 23.5 Å². The molecular formula is C14H15N4O4S+. The fraction of sp³-hybridized carbons (Fsp3) is 0.286. The number of pyridine rings is 1. The number of aliphatic carboxylic acids is 1. The number of primary amides is 1. The molecule has 2 unspecified atom stereocenters. The van der Waals surface area contributed by atoms with E-state index in [1.807, 2.05) is 0 Å². The number of carbonyl (C=O) groups is 3. The van der Waals surface area contributed by atoms with Gasteiger partial charge in [-0.3, -0.25) is 14.5 Å². The molecule has 0 aliphatic carbocycles. The number of amides is 2. The Morgan fingerprint density at radius 2 is 2.22 bits per heavy atom. The number of hydrogen-bond acceptors (Lipinski definition) is 5. The number of nitrogens with two attached hydrogens (primary N) is 2. The lowest BCUT2D eigenvalue weighted by molar-refractivity contribution is -0.689. The zero-order valence-electron chi connectivity index (χ0n) is 12.0. The Kier molecular flexibility index (Phi) is 3.82. The van der Waals surface area contributed by atoms with Gasteiger partial charge in [0.15, 0.2) is 18.9 Å². The Morgan fingerprint density at radius 3 is 2.87 bits per heavy atom. The summed E-state index contributed by atoms with van der Waals surface area (Å²) in [7, 11) is 0. The van der Waals surface area contributed by atoms with Crippen LogP contribution in [0.25, 0.3) is 0 Å². The summed E-state index contributed by atoms with van der Waals surface area (Å²) < 4.78 is 1.67. The van der Waals surface area contributed by atoms with E-state index < -0.39 is 17.9 Å². The summed E-state index contributed by atoms with van der Waals surface area (Å²) in [5.41, 5.74) is 11.9. The number of carbonyl (C=O) groups excluding carboxylic acids is 2. The highest BCUT2D eigenvalue weighted by atomic mass is 32.2. The van der Waals surface area contributed by atoms with Crippen molar-refractivity contribution in [1.82, 2.24) is 4.90 Å². The second kappa shape index (κ2) is 5.67. The van der Waals surface area contributed by atoms with E-state index in [0.717, 1.165) is 0 Å². The molecule has 5 N–H and O–H groups in total. The van der Waals surface area contributed by atoms with Crippen LogP contribution in [0.15, 0.2) is 35.8 Å². The fourth-order valence-electron chi connectivity index (χ4n) is 2.69. The molecule has 0 saturated carbocycles. The van der Waals surface area contributed by atoms with Crippen molar-refractivity contribution in [2.45, 2.75) is 18.0 Å². The highest BCUT2D eigenvalue weighted by Crippen LogP contribution is 2.39. The van der Waals surface area contributed by atoms with Gasteiger partial charge in [-0.15, -0.1) is 11.8 Å². The van der Waals surface area contributed by atoms with Crippen molar-refractivity contribution in [2.75, 3.05) is 5.75 Å². The molecule has 3 rings (SSSR count). The van der Waals surface area contributed by atoms with Gasteiger partial charge >= 0.3 is 5.97 Å². The van der Waals surface area contributed by atoms with Crippen molar-refractivity contribution in [3.05, 3.63) is 41.4 Å². The van der Waals surface area contributed by atoms with Crippen LogP contribution in [0.2, 0.25) is 0 Å². The molecule has 3 heterocycles. The molecule has 9 heteroatoms. The lowest BCUT2D eigenvalue weighted by Gasteiger charge is -2.47. The molecule has 2 amide bonds. The molecule has 1 aromatic rings. The van der Waals surface area contributed by atoms with Crippen LogP contribution in [-0.2, 0) is 16.1 Å². The minimum atomic E-state index is -1.16. The summed E-state index contributed by atoms with van der Waals surface area (Å²) in [5, 5.41) is 9.15. The smallest absolute Gasteiger partial charge is 0.352 e. The number of aromatic nitrogens is 1. The van der Waals surface area contributed by atoms with Gasteiger partial charge in [0.1, 0.15) is 22.7 Å². The second-order valence-electron chi connectivity index (χ2n) is 5.32. The third-order valence-corrected chi connectivity index (χ3v) is 5.17. The van der Waals surface area contributed by atoms with Crippen LogP contribution >= 0.6 is 11.8 Å². The Morgan fingerprint density at radius 1 is 1.48 bits per heavy atom. The molecule has 0 radical (unpaired) electrons. The number of carboxylic acids is 1. The maximum absolute atomic E-state index is 11.9. The Hall–Kier alpha value is -2.39. The Balaban J connectivity index is 1.94. The SMILES string of the molecule is NC(=O)c1ccc[n+](CC2=C(C(=O)O)N3C(=O)C(N)C3SC2)c1. The molecule has 2 atom stereocenters. The number of nitrogens with zero attached hydrogens (tertiary/aromatic N) is 2. The minimum absolute atomic E-state index is 0.0163. The van der Waals surface area contributed by atoms with Gasteiger partial charge in [-0.05, 0) is 6.07 Å². The van der Waals surface area contributed by atoms with E-state index in [1.165, 1.54) is 16.7 Å². The van der Waals surface area contributed by atoms with E-state index in [2.05, 4.69) is 0 Å². The van der Waals surface area contributed by atoms with Crippen LogP contribution in [0.5, 0.6) is 0 Å². The van der Waals surface area contributed by atoms with Crippen molar-refractivity contribution in [2.24, 2.45) is 11.5 Å². The van der Waals surface area contributed by atoms with Crippen molar-refractivity contribution in [1.29, 1.82) is 0 Å². The van der Waals surface area contributed by atoms with Crippen molar-refractivity contribution in [3.8, 4) is 0 Å². The predicted molar refractivity (Wildman–Crippen MR) is 80.9 cm³/mol. The quantitative estimate of drug-likeness (QED) is 0.461. The molecule has 2 aliphatic heterocycles. The van der Waals surface area contributed by atoms with Crippen LogP contribution in [0.4, 0.5) is 0 Å². The molecular weight excluding hydrogens is 320 g/mol. The third kappa shape index (κ3) is 2.57. The molecule has 23 heavy (non-hydrogen) atoms. The van der Waals surface area contributed by atoms with Crippen LogP contribution in [-0.4, -0.2) is 45.0 Å². The van der Waals surface area contributed by atoms with Gasteiger partial charge in [0, 0.05) is 17.4 Å². The maximum Gasteiger partial charge on any atom is 0.352 e. The van der Waals surface area contributed by atoms with Crippen molar-refractivity contribution >= 4 is 29.5 Å². The predicted octanol–water partition coefficient (Wildman–Crippen LogP) is -1.35. The number of β-lactam (4-membered cyclic amide) rings is 1. The normalized spacial score (nSPS) is 23.3. The van der Waals surface area contributed by atoms with Crippen LogP contribution < -0.4 is 16.0 Å². The van der Waals surface area contributed by atoms with Gasteiger partial charge in [-0.1, -0.05) is 0 Å². The first-order valence-corrected chi connectivity index (χ1v) is 7.89. The van der Waals surface area contributed by atoms with Crippen LogP contribution in [0, 0.1) is 0 Å². The summed E-state index contributed by atoms with van der Waals surface area (Å²) in [6, 6.07) is 2.58. The third-order valence-electron chi connectivity index (χ3n) is 3.81. The monoisotopic (exact) mass is 335 g/mol. The van der Waals surface area contributed by atoms with Gasteiger partial charge in [-0.2, -0.15) is 0 Å². The summed E-state index contributed by atoms with van der Waals surface area (Å²) in [6.07, 6.45) is 3.26. The first-order chi connectivity index (χ1) is 10.9. The topological polar surface area (TPSA) is 131 Å². The van der Waals surface area contributed by atoms with Gasteiger partial charge in [-0.25, -0.2) is 9.36 Å². The van der Waals surface area contributed by atoms with E-state index in [9.17, 15) is 19.5 Å². The van der Waals surface area contributed by atoms with Crippen LogP contribution in [0.3, 0.4) is 0 Å². The first-order valence-electron chi connectivity index (χ1n) is 6.84. The van der Waals surface area contributed by atoms with E-state index in [1.54, 1.807) is 29.1 Å². The lowest BCUT2D eigenvalue weighted by atomic mass is 10.0. The maximum atomic E-state index is 11.9. The summed E-state index contributed by atoms with van der Waals surface area (Å²) in [5.74, 6) is -1.64. The van der Waals surface area contributed by atoms with Gasteiger partial charge in [0.05, 0.1) is 0 Å². The van der Waals surface area contributed by atoms with E-state index in [4.69, 9.17) is 11.5 Å². The Bertz CT molecular complexity index is 748. The molecule has 120 valence electrons. The average Bonchev–Trinajstić information content (AvgIpc) is 2.53. The van der Waals surface area contributed by atoms with E-state index >= 15 is 0 Å². The number of thioether (sulfide) groups is 1. The lowest BCUT2D eigenvalue weighted by Crippen LogP contribution is -2.68. The van der Waals surface area contributed by atoms with Crippen molar-refractivity contribution in [3.63, 3.8) is 0 Å². The van der Waals surface area contributed by atoms with E-state index in [0.29, 0.717) is 16.9 Å². The van der Waals surface area contributed by atoms with Crippen LogP contribution in [0.1, 0.15) is 10.4 Å². The molecule has 0 spiro atoms. The summed E-state index contributed by atoms with van der Waals surface area (Å²) in [6.45, 7) is 0.251. The standard InChI is InChI=1S/C14H14N4O4S/c15-9-12(20)18-10(14(21)22)8(6-23-13(9)18)5-17-3-1-2-7(4-17)11(16)19/h1-4,9,13H,5-6,15H2,(H2-,16,19,21,22)/p+1. The highest BCUT2D eigenvalue weighted by molar-refractivity contribution is 8.00. The molecule has 2 aliphatic rings. The number of fused-ring (bicyclic) bond motifs is 1. The molecule has 0 bridgehead atoms. The fourth-order valence-corrected chi connectivity index (χ4v) is 3.97. The zero-order valence-corrected chi connectivity index (χ0v) is 12.8. The van der Waals surface area contributed by atoms with Crippen molar-refractivity contribution < 1.29 is 24.1 Å². The van der Waals surface area contributed by atoms with Gasteiger partial charge < -0.3 is 16.6 Å². The molecule has 1 fully saturated rings. The molecule has 1 aromatic heterocycles. The number of carboxylic acid groups (broad SMARTS) is 1. The largest absolute Gasteiger partial charge is 0.477 e. The molecule has 1 saturated heterocycles. The van der Waals surface area contributed by atoms with Gasteiger partial charge in [0.25, 0.3) is 5.91 Å². The number of hydrogen-bond donors (Lipinski definition) is 3. The van der Waals surface area contributed by atoms with Gasteiger partial charge in [0.2, 0.25) is 5.91 Å². The minimum Gasteiger partial charge on any atom is -0.477 e. The molecule has 0 aromatic carbocycles. The highest BCUT2D eigenvalue weighted by Gasteiger charge is 2.52. The summed E-state index contributed by atoms with van der Waals surface area (Å²) >= 11 is 1.44. The second-order valence-corrected chi connectivity index (χ2v) is 6.43. The number of rotatable bonds is 4.